The van der Waals surface area contributed by atoms with Crippen LogP contribution in [0.3, 0.4) is 0 Å². The lowest BCUT2D eigenvalue weighted by Gasteiger charge is -1.99. The van der Waals surface area contributed by atoms with Crippen LogP contribution in [-0.2, 0) is 4.74 Å². The van der Waals surface area contributed by atoms with E-state index in [1.165, 1.54) is 0 Å². The molecule has 1 atom stereocenters. The number of hydroxylamine groups is 1. The van der Waals surface area contributed by atoms with E-state index >= 15 is 0 Å². The van der Waals surface area contributed by atoms with Crippen molar-refractivity contribution in [2.24, 2.45) is 0 Å². The lowest BCUT2D eigenvalue weighted by atomic mass is 10.3. The minimum atomic E-state index is 0.181. The molecule has 0 unspecified atom stereocenters. The van der Waals surface area contributed by atoms with Gasteiger partial charge >= 0.3 is 0 Å². The lowest BCUT2D eigenvalue weighted by Crippen LogP contribution is -2.25. The summed E-state index contributed by atoms with van der Waals surface area (Å²) in [6, 6.07) is 0.181. The zero-order valence-electron chi connectivity index (χ0n) is 4.05. The van der Waals surface area contributed by atoms with Crippen LogP contribution in [0.1, 0.15) is 6.42 Å². The van der Waals surface area contributed by atoms with Crippen molar-refractivity contribution in [3.63, 3.8) is 0 Å². The summed E-state index contributed by atoms with van der Waals surface area (Å²) in [4.78, 5) is 0. The summed E-state index contributed by atoms with van der Waals surface area (Å²) in [7, 11) is 0. The second-order valence-electron chi connectivity index (χ2n) is 1.69. The summed E-state index contributed by atoms with van der Waals surface area (Å²) in [5.41, 5.74) is 2.14. The predicted molar refractivity (Wildman–Crippen MR) is 24.1 cm³/mol. The van der Waals surface area contributed by atoms with Gasteiger partial charge in [-0.3, -0.25) is 0 Å². The van der Waals surface area contributed by atoms with E-state index in [0.29, 0.717) is 6.61 Å². The van der Waals surface area contributed by atoms with E-state index in [9.17, 15) is 0 Å². The molecular weight excluding hydrogens is 94.0 g/mol. The Balaban J connectivity index is 2.14. The zero-order valence-corrected chi connectivity index (χ0v) is 4.05. The number of nitrogens with one attached hydrogen (secondary N) is 1. The van der Waals surface area contributed by atoms with Crippen molar-refractivity contribution in [3.05, 3.63) is 0 Å². The molecule has 3 heteroatoms. The number of ether oxygens (including phenoxy) is 1. The molecule has 0 aromatic heterocycles. The van der Waals surface area contributed by atoms with Crippen LogP contribution >= 0.6 is 0 Å². The number of hydrogen-bond acceptors (Lipinski definition) is 3. The summed E-state index contributed by atoms with van der Waals surface area (Å²) in [5.74, 6) is 0. The van der Waals surface area contributed by atoms with Crippen molar-refractivity contribution in [1.82, 2.24) is 5.48 Å². The van der Waals surface area contributed by atoms with Gasteiger partial charge in [0.05, 0.1) is 12.6 Å². The molecule has 1 rings (SSSR count). The third-order valence-corrected chi connectivity index (χ3v) is 1.11. The monoisotopic (exact) mass is 103 g/mol. The molecule has 1 aliphatic heterocycles. The largest absolute Gasteiger partial charge is 0.380 e. The Morgan fingerprint density at radius 3 is 2.86 bits per heavy atom. The van der Waals surface area contributed by atoms with Gasteiger partial charge in [-0.2, -0.15) is 0 Å². The minimum absolute atomic E-state index is 0.181. The summed E-state index contributed by atoms with van der Waals surface area (Å²) < 4.78 is 4.93. The molecule has 0 aliphatic carbocycles. The Labute approximate surface area is 42.2 Å². The Bertz CT molecular complexity index is 51.7. The molecule has 2 N–H and O–H groups in total. The van der Waals surface area contributed by atoms with Crippen LogP contribution in [0, 0.1) is 0 Å². The average molecular weight is 103 g/mol. The first-order valence-corrected chi connectivity index (χ1v) is 2.41. The van der Waals surface area contributed by atoms with Gasteiger partial charge in [-0.05, 0) is 6.42 Å². The van der Waals surface area contributed by atoms with E-state index < -0.39 is 0 Å². The third kappa shape index (κ3) is 1.12. The average Bonchev–Trinajstić information content (AvgIpc) is 2.14. The first kappa shape index (κ1) is 5.03. The van der Waals surface area contributed by atoms with Gasteiger partial charge < -0.3 is 9.94 Å². The Morgan fingerprint density at radius 1 is 1.71 bits per heavy atom. The van der Waals surface area contributed by atoms with Gasteiger partial charge in [-0.15, -0.1) is 0 Å². The van der Waals surface area contributed by atoms with Crippen LogP contribution in [0.4, 0.5) is 0 Å². The van der Waals surface area contributed by atoms with Crippen molar-refractivity contribution in [1.29, 1.82) is 0 Å². The fourth-order valence-electron chi connectivity index (χ4n) is 0.636. The summed E-state index contributed by atoms with van der Waals surface area (Å²) in [6.07, 6.45) is 0.927. The van der Waals surface area contributed by atoms with Crippen molar-refractivity contribution in [3.8, 4) is 0 Å². The maximum Gasteiger partial charge on any atom is 0.0643 e. The normalized spacial score (nSPS) is 31.3. The van der Waals surface area contributed by atoms with E-state index in [1.807, 2.05) is 0 Å². The van der Waals surface area contributed by atoms with Gasteiger partial charge in [0.1, 0.15) is 0 Å². The predicted octanol–water partition coefficient (Wildman–Crippen LogP) is -0.246. The summed E-state index contributed by atoms with van der Waals surface area (Å²) >= 11 is 0. The Hall–Kier alpha value is -0.120. The van der Waals surface area contributed by atoms with Crippen molar-refractivity contribution in [2.75, 3.05) is 13.2 Å². The minimum Gasteiger partial charge on any atom is -0.380 e. The van der Waals surface area contributed by atoms with Crippen molar-refractivity contribution in [2.45, 2.75) is 12.5 Å². The van der Waals surface area contributed by atoms with Crippen LogP contribution in [0.25, 0.3) is 0 Å². The lowest BCUT2D eigenvalue weighted by molar-refractivity contribution is 0.110. The molecule has 1 fully saturated rings. The van der Waals surface area contributed by atoms with Gasteiger partial charge in [0.25, 0.3) is 0 Å². The highest BCUT2D eigenvalue weighted by Crippen LogP contribution is 2.00. The molecule has 3 nitrogen and oxygen atoms in total. The molecule has 0 bridgehead atoms. The maximum atomic E-state index is 8.24. The van der Waals surface area contributed by atoms with Crippen LogP contribution in [0.15, 0.2) is 0 Å². The first-order chi connectivity index (χ1) is 3.43. The molecule has 42 valence electrons. The van der Waals surface area contributed by atoms with Gasteiger partial charge in [0.2, 0.25) is 0 Å². The molecule has 0 spiro atoms. The molecule has 0 aromatic carbocycles. The molecular formula is C4H9NO2. The van der Waals surface area contributed by atoms with E-state index in [4.69, 9.17) is 9.94 Å². The van der Waals surface area contributed by atoms with Gasteiger partial charge in [-0.1, -0.05) is 0 Å². The van der Waals surface area contributed by atoms with Crippen molar-refractivity contribution < 1.29 is 9.94 Å². The Kier molecular flexibility index (Phi) is 1.62. The van der Waals surface area contributed by atoms with E-state index in [0.717, 1.165) is 13.0 Å². The van der Waals surface area contributed by atoms with E-state index in [-0.39, 0.29) is 6.04 Å². The molecule has 0 radical (unpaired) electrons. The summed E-state index contributed by atoms with van der Waals surface area (Å²) in [6.45, 7) is 1.43. The smallest absolute Gasteiger partial charge is 0.0643 e. The van der Waals surface area contributed by atoms with E-state index in [2.05, 4.69) is 5.48 Å². The van der Waals surface area contributed by atoms with Gasteiger partial charge in [-0.25, -0.2) is 5.48 Å². The molecule has 1 saturated heterocycles. The molecule has 7 heavy (non-hydrogen) atoms. The second-order valence-corrected chi connectivity index (χ2v) is 1.69. The maximum absolute atomic E-state index is 8.24. The van der Waals surface area contributed by atoms with Crippen LogP contribution in [0.5, 0.6) is 0 Å². The molecule has 1 heterocycles. The van der Waals surface area contributed by atoms with Gasteiger partial charge in [0, 0.05) is 6.61 Å². The Morgan fingerprint density at radius 2 is 2.57 bits per heavy atom. The fourth-order valence-corrected chi connectivity index (χ4v) is 0.636. The highest BCUT2D eigenvalue weighted by Gasteiger charge is 2.12. The molecule has 0 aromatic rings. The van der Waals surface area contributed by atoms with Crippen LogP contribution in [0.2, 0.25) is 0 Å². The van der Waals surface area contributed by atoms with Gasteiger partial charge in [0.15, 0.2) is 0 Å². The third-order valence-electron chi connectivity index (χ3n) is 1.11. The SMILES string of the molecule is ON[C@@H]1CCOC1. The highest BCUT2D eigenvalue weighted by molar-refractivity contribution is 4.65. The van der Waals surface area contributed by atoms with E-state index in [1.54, 1.807) is 0 Å². The first-order valence-electron chi connectivity index (χ1n) is 2.41. The molecule has 0 saturated carbocycles. The topological polar surface area (TPSA) is 41.5 Å². The second kappa shape index (κ2) is 2.26. The molecule has 1 aliphatic rings. The summed E-state index contributed by atoms with van der Waals surface area (Å²) in [5, 5.41) is 8.24. The number of hydrogen-bond donors (Lipinski definition) is 2. The quantitative estimate of drug-likeness (QED) is 0.450. The highest BCUT2D eigenvalue weighted by atomic mass is 16.5. The van der Waals surface area contributed by atoms with Crippen LogP contribution < -0.4 is 5.48 Å². The zero-order chi connectivity index (χ0) is 5.11. The van der Waals surface area contributed by atoms with Crippen LogP contribution in [-0.4, -0.2) is 24.5 Å². The molecule has 0 amide bonds. The van der Waals surface area contributed by atoms with Crippen molar-refractivity contribution >= 4 is 0 Å². The number of rotatable bonds is 1. The standard InChI is InChI=1S/C4H9NO2/c6-5-4-1-2-7-3-4/h4-6H,1-3H2/t4-/m1/s1. The fraction of sp³-hybridized carbons (Fsp3) is 1.00.